The van der Waals surface area contributed by atoms with E-state index in [1.165, 1.54) is 4.90 Å². The van der Waals surface area contributed by atoms with Crippen molar-refractivity contribution in [3.8, 4) is 0 Å². The van der Waals surface area contributed by atoms with Crippen LogP contribution in [0.15, 0.2) is 18.2 Å². The Kier molecular flexibility index (Phi) is 10.5. The molecule has 3 amide bonds. The van der Waals surface area contributed by atoms with Crippen LogP contribution in [-0.2, 0) is 25.6 Å². The molecule has 1 atom stereocenters. The maximum absolute atomic E-state index is 12.4. The summed E-state index contributed by atoms with van der Waals surface area (Å²) >= 11 is 0. The lowest BCUT2D eigenvalue weighted by Crippen LogP contribution is -2.46. The SMILES string of the molecule is CCCC(C(=O)NC=O)N(C=O)c1cccc(CCCCCC=O)c1N(C)C. The number of amides is 3. The maximum Gasteiger partial charge on any atom is 0.249 e. The molecule has 154 valence electrons. The molecular weight excluding hydrogens is 358 g/mol. The Balaban J connectivity index is 3.21. The van der Waals surface area contributed by atoms with Crippen LogP contribution >= 0.6 is 0 Å². The molecule has 0 saturated heterocycles. The Morgan fingerprint density at radius 1 is 1.14 bits per heavy atom. The molecule has 1 unspecified atom stereocenters. The number of nitrogens with zero attached hydrogens (tertiary/aromatic N) is 2. The van der Waals surface area contributed by atoms with E-state index in [2.05, 4.69) is 5.32 Å². The van der Waals surface area contributed by atoms with Crippen LogP contribution < -0.4 is 15.1 Å². The van der Waals surface area contributed by atoms with Crippen LogP contribution in [0.3, 0.4) is 0 Å². The minimum Gasteiger partial charge on any atom is -0.376 e. The second kappa shape index (κ2) is 12.6. The summed E-state index contributed by atoms with van der Waals surface area (Å²) in [4.78, 5) is 48.8. The van der Waals surface area contributed by atoms with Crippen LogP contribution in [0.2, 0.25) is 0 Å². The lowest BCUT2D eigenvalue weighted by Gasteiger charge is -2.31. The normalized spacial score (nSPS) is 11.4. The second-order valence-electron chi connectivity index (χ2n) is 6.89. The van der Waals surface area contributed by atoms with Gasteiger partial charge in [-0.25, -0.2) is 0 Å². The molecule has 7 heteroatoms. The van der Waals surface area contributed by atoms with Crippen molar-refractivity contribution in [2.45, 2.75) is 57.9 Å². The van der Waals surface area contributed by atoms with Crippen LogP contribution in [0, 0.1) is 0 Å². The molecular formula is C21H31N3O4. The summed E-state index contributed by atoms with van der Waals surface area (Å²) in [5.41, 5.74) is 2.60. The molecule has 0 saturated carbocycles. The third kappa shape index (κ3) is 6.48. The number of anilines is 2. The molecule has 28 heavy (non-hydrogen) atoms. The molecule has 0 aromatic heterocycles. The van der Waals surface area contributed by atoms with Crippen molar-refractivity contribution in [1.82, 2.24) is 5.32 Å². The van der Waals surface area contributed by atoms with Gasteiger partial charge < -0.3 is 14.6 Å². The van der Waals surface area contributed by atoms with Gasteiger partial charge in [0.1, 0.15) is 12.3 Å². The van der Waals surface area contributed by atoms with Gasteiger partial charge in [0.25, 0.3) is 0 Å². The smallest absolute Gasteiger partial charge is 0.249 e. The molecule has 0 aliphatic heterocycles. The number of para-hydroxylation sites is 1. The van der Waals surface area contributed by atoms with E-state index in [1.807, 2.05) is 44.1 Å². The van der Waals surface area contributed by atoms with Gasteiger partial charge in [-0.15, -0.1) is 0 Å². The number of aldehydes is 1. The topological polar surface area (TPSA) is 86.8 Å². The summed E-state index contributed by atoms with van der Waals surface area (Å²) in [6, 6.07) is 4.95. The predicted octanol–water partition coefficient (Wildman–Crippen LogP) is 2.46. The zero-order valence-electron chi connectivity index (χ0n) is 17.0. The van der Waals surface area contributed by atoms with Crippen molar-refractivity contribution in [3.05, 3.63) is 23.8 Å². The number of rotatable bonds is 14. The number of hydrogen-bond acceptors (Lipinski definition) is 5. The fourth-order valence-electron chi connectivity index (χ4n) is 3.35. The van der Waals surface area contributed by atoms with Crippen molar-refractivity contribution < 1.29 is 19.2 Å². The third-order valence-electron chi connectivity index (χ3n) is 4.61. The lowest BCUT2D eigenvalue weighted by atomic mass is 10.0. The zero-order chi connectivity index (χ0) is 20.9. The Morgan fingerprint density at radius 2 is 1.89 bits per heavy atom. The van der Waals surface area contributed by atoms with Crippen molar-refractivity contribution in [3.63, 3.8) is 0 Å². The first-order valence-electron chi connectivity index (χ1n) is 9.72. The number of carbonyl (C=O) groups excluding carboxylic acids is 4. The molecule has 0 heterocycles. The summed E-state index contributed by atoms with van der Waals surface area (Å²) in [5, 5.41) is 2.17. The molecule has 1 aromatic carbocycles. The Bertz CT molecular complexity index is 661. The van der Waals surface area contributed by atoms with E-state index in [1.54, 1.807) is 0 Å². The van der Waals surface area contributed by atoms with Crippen LogP contribution in [0.25, 0.3) is 0 Å². The molecule has 7 nitrogen and oxygen atoms in total. The number of benzene rings is 1. The summed E-state index contributed by atoms with van der Waals surface area (Å²) in [6.07, 6.45) is 7.21. The third-order valence-corrected chi connectivity index (χ3v) is 4.61. The zero-order valence-corrected chi connectivity index (χ0v) is 17.0. The van der Waals surface area contributed by atoms with Gasteiger partial charge >= 0.3 is 0 Å². The molecule has 1 aromatic rings. The van der Waals surface area contributed by atoms with Gasteiger partial charge in [-0.1, -0.05) is 31.9 Å². The van der Waals surface area contributed by atoms with E-state index < -0.39 is 11.9 Å². The summed E-state index contributed by atoms with van der Waals surface area (Å²) in [7, 11) is 3.80. The van der Waals surface area contributed by atoms with Gasteiger partial charge in [0.2, 0.25) is 18.7 Å². The number of unbranched alkanes of at least 4 members (excludes halogenated alkanes) is 3. The molecule has 0 spiro atoms. The van der Waals surface area contributed by atoms with Gasteiger partial charge in [-0.2, -0.15) is 0 Å². The van der Waals surface area contributed by atoms with E-state index in [9.17, 15) is 19.2 Å². The van der Waals surface area contributed by atoms with Gasteiger partial charge in [0.05, 0.1) is 11.4 Å². The van der Waals surface area contributed by atoms with Gasteiger partial charge in [-0.05, 0) is 37.3 Å². The fraction of sp³-hybridized carbons (Fsp3) is 0.524. The van der Waals surface area contributed by atoms with Gasteiger partial charge in [0, 0.05) is 20.5 Å². The maximum atomic E-state index is 12.4. The highest BCUT2D eigenvalue weighted by atomic mass is 16.2. The number of nitrogens with one attached hydrogen (secondary N) is 1. The minimum absolute atomic E-state index is 0.344. The molecule has 0 aliphatic carbocycles. The summed E-state index contributed by atoms with van der Waals surface area (Å²) < 4.78 is 0. The molecule has 0 bridgehead atoms. The molecule has 0 fully saturated rings. The number of aryl methyl sites for hydroxylation is 1. The van der Waals surface area contributed by atoms with Crippen LogP contribution in [0.4, 0.5) is 11.4 Å². The van der Waals surface area contributed by atoms with Crippen molar-refractivity contribution in [2.24, 2.45) is 0 Å². The highest BCUT2D eigenvalue weighted by Crippen LogP contribution is 2.34. The average molecular weight is 389 g/mol. The standard InChI is InChI=1S/C21H31N3O4/c1-4-10-19(21(28)22-15-26)24(16-27)18-13-9-12-17(20(18)23(2)3)11-7-5-6-8-14-25/h9,12-16,19H,4-8,10-11H2,1-3H3,(H,22,26,28). The Morgan fingerprint density at radius 3 is 2.46 bits per heavy atom. The molecule has 0 radical (unpaired) electrons. The van der Waals surface area contributed by atoms with E-state index in [4.69, 9.17) is 0 Å². The summed E-state index contributed by atoms with van der Waals surface area (Å²) in [6.45, 7) is 1.92. The lowest BCUT2D eigenvalue weighted by molar-refractivity contribution is -0.127. The van der Waals surface area contributed by atoms with Gasteiger partial charge in [-0.3, -0.25) is 19.7 Å². The Labute approximate surface area is 167 Å². The quantitative estimate of drug-likeness (QED) is 0.390. The van der Waals surface area contributed by atoms with Crippen molar-refractivity contribution >= 4 is 36.4 Å². The molecule has 1 N–H and O–H groups in total. The molecule has 0 aliphatic rings. The predicted molar refractivity (Wildman–Crippen MR) is 110 cm³/mol. The minimum atomic E-state index is -0.755. The summed E-state index contributed by atoms with van der Waals surface area (Å²) in [5.74, 6) is -0.493. The monoisotopic (exact) mass is 389 g/mol. The van der Waals surface area contributed by atoms with E-state index in [-0.39, 0.29) is 0 Å². The first-order chi connectivity index (χ1) is 13.5. The van der Waals surface area contributed by atoms with Crippen molar-refractivity contribution in [2.75, 3.05) is 23.9 Å². The van der Waals surface area contributed by atoms with E-state index in [0.29, 0.717) is 37.8 Å². The van der Waals surface area contributed by atoms with Crippen LogP contribution in [0.1, 0.15) is 51.0 Å². The first-order valence-corrected chi connectivity index (χ1v) is 9.72. The van der Waals surface area contributed by atoms with Gasteiger partial charge in [0.15, 0.2) is 0 Å². The van der Waals surface area contributed by atoms with Crippen LogP contribution in [-0.4, -0.2) is 45.2 Å². The van der Waals surface area contributed by atoms with Crippen LogP contribution in [0.5, 0.6) is 0 Å². The number of hydrogen-bond donors (Lipinski definition) is 1. The molecule has 1 rings (SSSR count). The highest BCUT2D eigenvalue weighted by Gasteiger charge is 2.28. The van der Waals surface area contributed by atoms with Crippen molar-refractivity contribution in [1.29, 1.82) is 0 Å². The highest BCUT2D eigenvalue weighted by molar-refractivity contribution is 5.98. The fourth-order valence-corrected chi connectivity index (χ4v) is 3.35. The number of imide groups is 1. The average Bonchev–Trinajstić information content (AvgIpc) is 2.67. The Hall–Kier alpha value is -2.70. The number of carbonyl (C=O) groups is 4. The van der Waals surface area contributed by atoms with E-state index in [0.717, 1.165) is 43.2 Å². The van der Waals surface area contributed by atoms with E-state index >= 15 is 0 Å². The largest absolute Gasteiger partial charge is 0.376 e. The first kappa shape index (κ1) is 23.3. The second-order valence-corrected chi connectivity index (χ2v) is 6.89.